The van der Waals surface area contributed by atoms with Crippen LogP contribution in [0.1, 0.15) is 11.7 Å². The zero-order valence-electron chi connectivity index (χ0n) is 11.3. The highest BCUT2D eigenvalue weighted by Gasteiger charge is 2.48. The lowest BCUT2D eigenvalue weighted by Gasteiger charge is -2.39. The normalized spacial score (nSPS) is 32.9. The molecule has 6 atom stereocenters. The van der Waals surface area contributed by atoms with Gasteiger partial charge < -0.3 is 29.9 Å². The van der Waals surface area contributed by atoms with Crippen LogP contribution < -0.4 is 0 Å². The van der Waals surface area contributed by atoms with E-state index in [1.165, 1.54) is 0 Å². The van der Waals surface area contributed by atoms with Gasteiger partial charge in [0, 0.05) is 0 Å². The van der Waals surface area contributed by atoms with Gasteiger partial charge in [0.05, 0.1) is 6.07 Å². The van der Waals surface area contributed by atoms with Crippen LogP contribution in [0.25, 0.3) is 0 Å². The van der Waals surface area contributed by atoms with Crippen LogP contribution in [0, 0.1) is 11.3 Å². The van der Waals surface area contributed by atoms with Gasteiger partial charge in [-0.25, -0.2) is 4.79 Å². The van der Waals surface area contributed by atoms with Crippen molar-refractivity contribution in [3.63, 3.8) is 0 Å². The van der Waals surface area contributed by atoms with Crippen molar-refractivity contribution in [2.45, 2.75) is 36.8 Å². The zero-order chi connectivity index (χ0) is 16.3. The number of aliphatic carboxylic acids is 1. The summed E-state index contributed by atoms with van der Waals surface area (Å²) >= 11 is 0. The number of rotatable bonds is 4. The van der Waals surface area contributed by atoms with Gasteiger partial charge in [0.1, 0.15) is 18.3 Å². The van der Waals surface area contributed by atoms with Crippen molar-refractivity contribution in [3.05, 3.63) is 35.9 Å². The lowest BCUT2D eigenvalue weighted by molar-refractivity contribution is -0.300. The molecule has 22 heavy (non-hydrogen) atoms. The van der Waals surface area contributed by atoms with E-state index in [2.05, 4.69) is 0 Å². The third-order valence-electron chi connectivity index (χ3n) is 3.30. The number of carbonyl (C=O) groups is 1. The van der Waals surface area contributed by atoms with Crippen LogP contribution in [0.2, 0.25) is 0 Å². The number of hydrogen-bond acceptors (Lipinski definition) is 7. The lowest BCUT2D eigenvalue weighted by atomic mass is 9.99. The molecule has 0 aromatic heterocycles. The molecule has 4 N–H and O–H groups in total. The Bertz CT molecular complexity index is 558. The van der Waals surface area contributed by atoms with Crippen molar-refractivity contribution in [1.82, 2.24) is 0 Å². The molecule has 0 radical (unpaired) electrons. The Morgan fingerprint density at radius 1 is 1.18 bits per heavy atom. The van der Waals surface area contributed by atoms with E-state index in [1.54, 1.807) is 30.3 Å². The molecule has 0 spiro atoms. The first-order valence-corrected chi connectivity index (χ1v) is 6.48. The summed E-state index contributed by atoms with van der Waals surface area (Å²) in [6.45, 7) is 0. The molecule has 1 aliphatic rings. The van der Waals surface area contributed by atoms with Gasteiger partial charge in [-0.2, -0.15) is 5.26 Å². The number of ether oxygens (including phenoxy) is 2. The number of aliphatic hydroxyl groups excluding tert-OH is 3. The predicted octanol–water partition coefficient (Wildman–Crippen LogP) is -0.840. The molecule has 1 aliphatic heterocycles. The van der Waals surface area contributed by atoms with E-state index in [4.69, 9.17) is 19.8 Å². The fourth-order valence-electron chi connectivity index (χ4n) is 2.11. The molecule has 0 bridgehead atoms. The Balaban J connectivity index is 2.16. The summed E-state index contributed by atoms with van der Waals surface area (Å²) in [5, 5.41) is 47.2. The first-order chi connectivity index (χ1) is 10.5. The predicted molar refractivity (Wildman–Crippen MR) is 70.2 cm³/mol. The zero-order valence-corrected chi connectivity index (χ0v) is 11.3. The standard InChI is InChI=1S/C14H15NO7/c15-6-8(7-4-2-1-3-5-7)21-14-11(18)9(16)10(17)12(22-14)13(19)20/h1-5,8-12,14,16-18H,(H,19,20)/t8-,9-,10+,11-,12-,14+/m1/s1. The van der Waals surface area contributed by atoms with Gasteiger partial charge in [-0.3, -0.25) is 0 Å². The van der Waals surface area contributed by atoms with Gasteiger partial charge in [-0.1, -0.05) is 30.3 Å². The number of carboxylic acid groups (broad SMARTS) is 1. The summed E-state index contributed by atoms with van der Waals surface area (Å²) in [5.74, 6) is -1.51. The number of benzene rings is 1. The van der Waals surface area contributed by atoms with E-state index in [9.17, 15) is 20.1 Å². The summed E-state index contributed by atoms with van der Waals surface area (Å²) in [5.41, 5.74) is 0.480. The maximum atomic E-state index is 11.0. The summed E-state index contributed by atoms with van der Waals surface area (Å²) < 4.78 is 10.2. The molecular formula is C14H15NO7. The minimum atomic E-state index is -1.80. The Labute approximate surface area is 125 Å². The molecule has 0 saturated carbocycles. The molecule has 1 saturated heterocycles. The average Bonchev–Trinajstić information content (AvgIpc) is 2.52. The molecule has 1 aromatic carbocycles. The van der Waals surface area contributed by atoms with Crippen LogP contribution in [-0.4, -0.2) is 57.1 Å². The second-order valence-corrected chi connectivity index (χ2v) is 4.79. The van der Waals surface area contributed by atoms with Crippen molar-refractivity contribution < 1.29 is 34.7 Å². The van der Waals surface area contributed by atoms with Crippen molar-refractivity contribution in [2.24, 2.45) is 0 Å². The average molecular weight is 309 g/mol. The smallest absolute Gasteiger partial charge is 0.335 e. The monoisotopic (exact) mass is 309 g/mol. The Kier molecular flexibility index (Phi) is 5.07. The largest absolute Gasteiger partial charge is 0.479 e. The quantitative estimate of drug-likeness (QED) is 0.564. The number of carboxylic acids is 1. The highest BCUT2D eigenvalue weighted by molar-refractivity contribution is 5.73. The highest BCUT2D eigenvalue weighted by atomic mass is 16.7. The van der Waals surface area contributed by atoms with E-state index >= 15 is 0 Å². The van der Waals surface area contributed by atoms with Gasteiger partial charge >= 0.3 is 5.97 Å². The van der Waals surface area contributed by atoms with Gasteiger partial charge in [-0.05, 0) is 5.56 Å². The molecule has 8 nitrogen and oxygen atoms in total. The van der Waals surface area contributed by atoms with Crippen LogP contribution in [0.15, 0.2) is 30.3 Å². The molecule has 0 amide bonds. The number of hydrogen-bond donors (Lipinski definition) is 4. The van der Waals surface area contributed by atoms with Gasteiger partial charge in [-0.15, -0.1) is 0 Å². The number of aliphatic hydroxyl groups is 3. The first-order valence-electron chi connectivity index (χ1n) is 6.48. The molecule has 2 rings (SSSR count). The fraction of sp³-hybridized carbons (Fsp3) is 0.429. The van der Waals surface area contributed by atoms with Gasteiger partial charge in [0.15, 0.2) is 18.5 Å². The van der Waals surface area contributed by atoms with E-state index in [1.807, 2.05) is 6.07 Å². The minimum Gasteiger partial charge on any atom is -0.479 e. The van der Waals surface area contributed by atoms with E-state index in [0.717, 1.165) is 0 Å². The first kappa shape index (κ1) is 16.4. The topological polar surface area (TPSA) is 140 Å². The maximum absolute atomic E-state index is 11.0. The van der Waals surface area contributed by atoms with Crippen LogP contribution in [0.5, 0.6) is 0 Å². The van der Waals surface area contributed by atoms with Crippen molar-refractivity contribution in [3.8, 4) is 6.07 Å². The Hall–Kier alpha value is -2.02. The Morgan fingerprint density at radius 2 is 1.82 bits per heavy atom. The summed E-state index contributed by atoms with van der Waals surface area (Å²) in [7, 11) is 0. The van der Waals surface area contributed by atoms with E-state index in [0.29, 0.717) is 5.56 Å². The van der Waals surface area contributed by atoms with Crippen molar-refractivity contribution in [1.29, 1.82) is 5.26 Å². The van der Waals surface area contributed by atoms with Crippen molar-refractivity contribution in [2.75, 3.05) is 0 Å². The second-order valence-electron chi connectivity index (χ2n) is 4.79. The third-order valence-corrected chi connectivity index (χ3v) is 3.30. The van der Waals surface area contributed by atoms with E-state index < -0.39 is 42.8 Å². The molecular weight excluding hydrogens is 294 g/mol. The van der Waals surface area contributed by atoms with Crippen LogP contribution in [0.4, 0.5) is 0 Å². The van der Waals surface area contributed by atoms with Crippen LogP contribution in [0.3, 0.4) is 0 Å². The maximum Gasteiger partial charge on any atom is 0.335 e. The number of nitrogens with zero attached hydrogens (tertiary/aromatic N) is 1. The SMILES string of the molecule is N#C[C@@H](O[C@H]1O[C@@H](C(=O)O)[C@@H](O)[C@@H](O)[C@H]1O)c1ccccc1. The van der Waals surface area contributed by atoms with Crippen LogP contribution >= 0.6 is 0 Å². The molecule has 0 unspecified atom stereocenters. The third kappa shape index (κ3) is 3.24. The van der Waals surface area contributed by atoms with Crippen LogP contribution in [-0.2, 0) is 14.3 Å². The molecule has 1 fully saturated rings. The molecule has 118 valence electrons. The Morgan fingerprint density at radius 3 is 2.36 bits per heavy atom. The molecule has 0 aliphatic carbocycles. The fourth-order valence-corrected chi connectivity index (χ4v) is 2.11. The highest BCUT2D eigenvalue weighted by Crippen LogP contribution is 2.27. The van der Waals surface area contributed by atoms with Gasteiger partial charge in [0.25, 0.3) is 0 Å². The summed E-state index contributed by atoms with van der Waals surface area (Å²) in [6.07, 6.45) is -9.72. The van der Waals surface area contributed by atoms with E-state index in [-0.39, 0.29) is 0 Å². The summed E-state index contributed by atoms with van der Waals surface area (Å²) in [6, 6.07) is 10.2. The minimum absolute atomic E-state index is 0.480. The number of nitriles is 1. The molecule has 8 heteroatoms. The van der Waals surface area contributed by atoms with Crippen molar-refractivity contribution >= 4 is 5.97 Å². The lowest BCUT2D eigenvalue weighted by Crippen LogP contribution is -2.60. The summed E-state index contributed by atoms with van der Waals surface area (Å²) in [4.78, 5) is 11.0. The second kappa shape index (κ2) is 6.83. The molecule has 1 aromatic rings. The van der Waals surface area contributed by atoms with Gasteiger partial charge in [0.2, 0.25) is 0 Å². The molecule has 1 heterocycles.